The summed E-state index contributed by atoms with van der Waals surface area (Å²) in [5.74, 6) is 0. The average Bonchev–Trinajstić information content (AvgIpc) is 2.28. The third kappa shape index (κ3) is 4.32. The van der Waals surface area contributed by atoms with E-state index < -0.39 is 6.10 Å². The number of hydrogen-bond donors (Lipinski definition) is 1. The Bertz CT molecular complexity index is 352. The third-order valence-corrected chi connectivity index (χ3v) is 3.66. The van der Waals surface area contributed by atoms with Gasteiger partial charge in [-0.3, -0.25) is 0 Å². The summed E-state index contributed by atoms with van der Waals surface area (Å²) < 4.78 is 0.979. The maximum Gasteiger partial charge on any atom is 0.0772 e. The lowest BCUT2D eigenvalue weighted by Crippen LogP contribution is -2.18. The van der Waals surface area contributed by atoms with E-state index in [4.69, 9.17) is 0 Å². The minimum absolute atomic E-state index is 0.427. The van der Waals surface area contributed by atoms with Gasteiger partial charge in [0.15, 0.2) is 0 Å². The minimum Gasteiger partial charge on any atom is -0.389 e. The van der Waals surface area contributed by atoms with Crippen molar-refractivity contribution in [3.8, 4) is 0 Å². The molecule has 1 aromatic carbocycles. The first-order valence-electron chi connectivity index (χ1n) is 6.25. The first-order valence-corrected chi connectivity index (χ1v) is 7.04. The molecule has 0 heterocycles. The topological polar surface area (TPSA) is 23.5 Å². The van der Waals surface area contributed by atoms with Crippen LogP contribution in [0.25, 0.3) is 0 Å². The van der Waals surface area contributed by atoms with Gasteiger partial charge < -0.3 is 10.0 Å². The van der Waals surface area contributed by atoms with Crippen LogP contribution in [0.1, 0.15) is 44.8 Å². The fraction of sp³-hybridized carbons (Fsp3) is 0.571. The largest absolute Gasteiger partial charge is 0.389 e. The van der Waals surface area contributed by atoms with Gasteiger partial charge in [0.25, 0.3) is 0 Å². The standard InChI is InChI=1S/C14H22BrNO/c1-4-5-6-9-16(3)12-7-8-13(11(2)17)14(15)10-12/h7-8,10-11,17H,4-6,9H2,1-3H3/t11-/m1/s1. The number of rotatable bonds is 6. The van der Waals surface area contributed by atoms with Gasteiger partial charge in [-0.2, -0.15) is 0 Å². The van der Waals surface area contributed by atoms with Gasteiger partial charge in [0.05, 0.1) is 6.10 Å². The number of halogens is 1. The summed E-state index contributed by atoms with van der Waals surface area (Å²) in [6.07, 6.45) is 3.32. The van der Waals surface area contributed by atoms with Crippen molar-refractivity contribution in [3.63, 3.8) is 0 Å². The summed E-state index contributed by atoms with van der Waals surface area (Å²) in [6.45, 7) is 5.08. The number of aliphatic hydroxyl groups is 1. The molecule has 0 amide bonds. The highest BCUT2D eigenvalue weighted by atomic mass is 79.9. The van der Waals surface area contributed by atoms with Crippen LogP contribution in [0.4, 0.5) is 5.69 Å². The molecule has 2 nitrogen and oxygen atoms in total. The van der Waals surface area contributed by atoms with Crippen LogP contribution in [0, 0.1) is 0 Å². The summed E-state index contributed by atoms with van der Waals surface area (Å²) in [5.41, 5.74) is 2.13. The van der Waals surface area contributed by atoms with E-state index in [9.17, 15) is 5.11 Å². The van der Waals surface area contributed by atoms with Crippen LogP contribution in [-0.4, -0.2) is 18.7 Å². The van der Waals surface area contributed by atoms with Gasteiger partial charge in [-0.25, -0.2) is 0 Å². The Morgan fingerprint density at radius 1 is 1.35 bits per heavy atom. The SMILES string of the molecule is CCCCCN(C)c1ccc([C@@H](C)O)c(Br)c1. The lowest BCUT2D eigenvalue weighted by atomic mass is 10.1. The van der Waals surface area contributed by atoms with E-state index in [2.05, 4.69) is 46.9 Å². The van der Waals surface area contributed by atoms with E-state index in [1.165, 1.54) is 24.9 Å². The van der Waals surface area contributed by atoms with Crippen LogP contribution >= 0.6 is 15.9 Å². The van der Waals surface area contributed by atoms with Crippen molar-refractivity contribution in [2.75, 3.05) is 18.5 Å². The van der Waals surface area contributed by atoms with Gasteiger partial charge in [0.1, 0.15) is 0 Å². The number of unbranched alkanes of at least 4 members (excludes halogenated alkanes) is 2. The smallest absolute Gasteiger partial charge is 0.0772 e. The van der Waals surface area contributed by atoms with Crippen molar-refractivity contribution in [2.45, 2.75) is 39.2 Å². The molecule has 0 spiro atoms. The monoisotopic (exact) mass is 299 g/mol. The first-order chi connectivity index (χ1) is 8.06. The molecular weight excluding hydrogens is 278 g/mol. The highest BCUT2D eigenvalue weighted by molar-refractivity contribution is 9.10. The Morgan fingerprint density at radius 3 is 2.59 bits per heavy atom. The van der Waals surface area contributed by atoms with Gasteiger partial charge in [-0.1, -0.05) is 41.8 Å². The Labute approximate surface area is 113 Å². The summed E-state index contributed by atoms with van der Waals surface area (Å²) in [5, 5.41) is 9.56. The molecule has 0 aromatic heterocycles. The molecule has 0 radical (unpaired) electrons. The quantitative estimate of drug-likeness (QED) is 0.799. The Kier molecular flexibility index (Phi) is 6.00. The van der Waals surface area contributed by atoms with Crippen LogP contribution in [0.3, 0.4) is 0 Å². The Morgan fingerprint density at radius 2 is 2.06 bits per heavy atom. The summed E-state index contributed by atoms with van der Waals surface area (Å²) in [6, 6.07) is 6.13. The molecule has 0 saturated heterocycles. The van der Waals surface area contributed by atoms with Gasteiger partial charge in [0.2, 0.25) is 0 Å². The number of nitrogens with zero attached hydrogens (tertiary/aromatic N) is 1. The van der Waals surface area contributed by atoms with Crippen LogP contribution in [0.2, 0.25) is 0 Å². The molecule has 0 fully saturated rings. The molecule has 1 N–H and O–H groups in total. The van der Waals surface area contributed by atoms with E-state index in [-0.39, 0.29) is 0 Å². The zero-order chi connectivity index (χ0) is 12.8. The van der Waals surface area contributed by atoms with Crippen molar-refractivity contribution < 1.29 is 5.11 Å². The van der Waals surface area contributed by atoms with Gasteiger partial charge in [0, 0.05) is 23.8 Å². The van der Waals surface area contributed by atoms with E-state index >= 15 is 0 Å². The molecule has 3 heteroatoms. The predicted molar refractivity (Wildman–Crippen MR) is 77.6 cm³/mol. The van der Waals surface area contributed by atoms with Crippen LogP contribution in [0.5, 0.6) is 0 Å². The van der Waals surface area contributed by atoms with Crippen molar-refractivity contribution in [3.05, 3.63) is 28.2 Å². The molecule has 1 aromatic rings. The third-order valence-electron chi connectivity index (χ3n) is 2.97. The zero-order valence-electron chi connectivity index (χ0n) is 10.9. The van der Waals surface area contributed by atoms with E-state index in [0.717, 1.165) is 16.6 Å². The van der Waals surface area contributed by atoms with Crippen LogP contribution in [-0.2, 0) is 0 Å². The second kappa shape index (κ2) is 7.02. The molecule has 0 bridgehead atoms. The number of benzene rings is 1. The second-order valence-corrected chi connectivity index (χ2v) is 5.36. The fourth-order valence-electron chi connectivity index (χ4n) is 1.82. The predicted octanol–water partition coefficient (Wildman–Crippen LogP) is 4.13. The molecule has 0 aliphatic rings. The van der Waals surface area contributed by atoms with Crippen LogP contribution in [0.15, 0.2) is 22.7 Å². The lowest BCUT2D eigenvalue weighted by Gasteiger charge is -2.20. The molecule has 0 unspecified atom stereocenters. The molecule has 0 aliphatic heterocycles. The molecule has 1 rings (SSSR count). The van der Waals surface area contributed by atoms with Crippen molar-refractivity contribution in [1.29, 1.82) is 0 Å². The Balaban J connectivity index is 2.69. The second-order valence-electron chi connectivity index (χ2n) is 4.51. The van der Waals surface area contributed by atoms with Gasteiger partial charge in [-0.15, -0.1) is 0 Å². The van der Waals surface area contributed by atoms with Crippen molar-refractivity contribution in [1.82, 2.24) is 0 Å². The number of aliphatic hydroxyl groups excluding tert-OH is 1. The normalized spacial score (nSPS) is 12.5. The Hall–Kier alpha value is -0.540. The summed E-state index contributed by atoms with van der Waals surface area (Å²) >= 11 is 3.51. The fourth-order valence-corrected chi connectivity index (χ4v) is 2.52. The molecular formula is C14H22BrNO. The summed E-state index contributed by atoms with van der Waals surface area (Å²) in [4.78, 5) is 2.26. The number of anilines is 1. The van der Waals surface area contributed by atoms with Crippen molar-refractivity contribution >= 4 is 21.6 Å². The average molecular weight is 300 g/mol. The highest BCUT2D eigenvalue weighted by Gasteiger charge is 2.08. The molecule has 1 atom stereocenters. The maximum atomic E-state index is 9.56. The minimum atomic E-state index is -0.427. The molecule has 0 saturated carbocycles. The maximum absolute atomic E-state index is 9.56. The van der Waals surface area contributed by atoms with Crippen molar-refractivity contribution in [2.24, 2.45) is 0 Å². The molecule has 17 heavy (non-hydrogen) atoms. The van der Waals surface area contributed by atoms with Gasteiger partial charge >= 0.3 is 0 Å². The van der Waals surface area contributed by atoms with E-state index in [1.54, 1.807) is 6.92 Å². The number of hydrogen-bond acceptors (Lipinski definition) is 2. The summed E-state index contributed by atoms with van der Waals surface area (Å²) in [7, 11) is 2.11. The van der Waals surface area contributed by atoms with E-state index in [0.29, 0.717) is 0 Å². The first kappa shape index (κ1) is 14.5. The molecule has 0 aliphatic carbocycles. The molecule has 96 valence electrons. The lowest BCUT2D eigenvalue weighted by molar-refractivity contribution is 0.198. The van der Waals surface area contributed by atoms with Gasteiger partial charge in [-0.05, 0) is 31.0 Å². The van der Waals surface area contributed by atoms with E-state index in [1.807, 2.05) is 6.07 Å². The highest BCUT2D eigenvalue weighted by Crippen LogP contribution is 2.27. The van der Waals surface area contributed by atoms with Crippen LogP contribution < -0.4 is 4.90 Å². The zero-order valence-corrected chi connectivity index (χ0v) is 12.5.